The van der Waals surface area contributed by atoms with E-state index in [4.69, 9.17) is 28.1 Å². The highest BCUT2D eigenvalue weighted by Gasteiger charge is 2.28. The third kappa shape index (κ3) is 10.5. The highest BCUT2D eigenvalue weighted by atomic mass is 15.1. The van der Waals surface area contributed by atoms with E-state index in [-0.39, 0.29) is 21.7 Å². The lowest BCUT2D eigenvalue weighted by molar-refractivity contribution is 0.590. The van der Waals surface area contributed by atoms with Crippen molar-refractivity contribution in [3.63, 3.8) is 0 Å². The smallest absolute Gasteiger partial charge is 0.187 e. The predicted octanol–water partition coefficient (Wildman–Crippen LogP) is 22.2. The second kappa shape index (κ2) is 21.8. The molecule has 0 aliphatic rings. The van der Waals surface area contributed by atoms with Gasteiger partial charge >= 0.3 is 0 Å². The Morgan fingerprint density at radius 1 is 0.333 bits per heavy atom. The van der Waals surface area contributed by atoms with E-state index in [0.29, 0.717) is 34.4 Å². The quantitative estimate of drug-likeness (QED) is 0.142. The maximum Gasteiger partial charge on any atom is 0.187 e. The molecule has 8 heteroatoms. The maximum absolute atomic E-state index is 10.6. The Morgan fingerprint density at radius 2 is 0.667 bits per heavy atom. The fraction of sp³-hybridized carbons (Fsp3) is 0.195. The summed E-state index contributed by atoms with van der Waals surface area (Å²) in [6, 6.07) is 74.2. The number of nitrogens with zero attached hydrogens (tertiary/aromatic N) is 8. The topological polar surface area (TPSA) is 81.0 Å². The summed E-state index contributed by atoms with van der Waals surface area (Å²) >= 11 is 0. The Balaban J connectivity index is 1.17. The summed E-state index contributed by atoms with van der Waals surface area (Å²) < 4.78 is 4.74. The summed E-state index contributed by atoms with van der Waals surface area (Å²) in [6.07, 6.45) is 0. The van der Waals surface area contributed by atoms with Gasteiger partial charge in [-0.25, -0.2) is 24.6 Å². The molecule has 0 unspecified atom stereocenters. The van der Waals surface area contributed by atoms with Crippen LogP contribution in [0, 0.1) is 24.5 Å². The van der Waals surface area contributed by atoms with Gasteiger partial charge in [-0.05, 0) is 163 Å². The van der Waals surface area contributed by atoms with Crippen molar-refractivity contribution in [3.8, 4) is 85.0 Å². The zero-order valence-electron chi connectivity index (χ0n) is 53.2. The summed E-state index contributed by atoms with van der Waals surface area (Å²) in [5.41, 5.74) is 19.4. The molecule has 0 N–H and O–H groups in total. The van der Waals surface area contributed by atoms with Crippen LogP contribution in [0.25, 0.3) is 132 Å². The molecule has 13 rings (SSSR count). The summed E-state index contributed by atoms with van der Waals surface area (Å²) in [4.78, 5) is 24.7. The molecule has 8 nitrogen and oxygen atoms in total. The molecule has 0 aliphatic carbocycles. The van der Waals surface area contributed by atoms with E-state index in [1.807, 2.05) is 84.9 Å². The summed E-state index contributed by atoms with van der Waals surface area (Å²) in [7, 11) is 0. The van der Waals surface area contributed by atoms with E-state index in [9.17, 15) is 5.26 Å². The number of rotatable bonds is 8. The molecule has 10 aromatic carbocycles. The van der Waals surface area contributed by atoms with Crippen molar-refractivity contribution >= 4 is 55.0 Å². The van der Waals surface area contributed by atoms with Gasteiger partial charge in [0, 0.05) is 43.8 Å². The molecule has 3 heterocycles. The van der Waals surface area contributed by atoms with Crippen LogP contribution in [0.15, 0.2) is 206 Å². The summed E-state index contributed by atoms with van der Waals surface area (Å²) in [6.45, 7) is 43.2. The summed E-state index contributed by atoms with van der Waals surface area (Å²) in [5.74, 6) is 1.31. The first kappa shape index (κ1) is 58.3. The molecule has 0 atom stereocenters. The normalized spacial score (nSPS) is 12.2. The van der Waals surface area contributed by atoms with E-state index >= 15 is 0 Å². The van der Waals surface area contributed by atoms with Crippen molar-refractivity contribution in [2.75, 3.05) is 0 Å². The van der Waals surface area contributed by atoms with Gasteiger partial charge in [0.15, 0.2) is 28.8 Å². The molecule has 13 aromatic rings. The van der Waals surface area contributed by atoms with E-state index in [1.54, 1.807) is 0 Å². The minimum atomic E-state index is -0.117. The molecule has 3 aromatic heterocycles. The lowest BCUT2D eigenvalue weighted by atomic mass is 9.85. The average molecular weight is 1170 g/mol. The lowest BCUT2D eigenvalue weighted by Crippen LogP contribution is -2.10. The molecule has 0 spiro atoms. The van der Waals surface area contributed by atoms with Gasteiger partial charge in [0.1, 0.15) is 0 Å². The predicted molar refractivity (Wildman–Crippen MR) is 373 cm³/mol. The van der Waals surface area contributed by atoms with Crippen LogP contribution in [0.2, 0.25) is 0 Å². The third-order valence-electron chi connectivity index (χ3n) is 17.7. The molecule has 0 aliphatic heterocycles. The Hall–Kier alpha value is -10.7. The largest absolute Gasteiger partial charge is 0.308 e. The van der Waals surface area contributed by atoms with Gasteiger partial charge in [0.05, 0.1) is 58.2 Å². The van der Waals surface area contributed by atoms with Gasteiger partial charge < -0.3 is 9.13 Å². The minimum Gasteiger partial charge on any atom is -0.308 e. The number of nitriles is 1. The number of aromatic nitrogens is 5. The zero-order chi connectivity index (χ0) is 63.2. The van der Waals surface area contributed by atoms with Crippen LogP contribution in [0.3, 0.4) is 0 Å². The van der Waals surface area contributed by atoms with Crippen molar-refractivity contribution in [2.24, 2.45) is 0 Å². The van der Waals surface area contributed by atoms with Crippen LogP contribution in [0.5, 0.6) is 0 Å². The molecule has 0 saturated carbocycles. The molecule has 0 fully saturated rings. The van der Waals surface area contributed by atoms with Crippen LogP contribution in [-0.4, -0.2) is 24.1 Å². The fourth-order valence-corrected chi connectivity index (χ4v) is 12.6. The van der Waals surface area contributed by atoms with Crippen LogP contribution in [0.4, 0.5) is 11.4 Å². The van der Waals surface area contributed by atoms with Crippen LogP contribution < -0.4 is 0 Å². The highest BCUT2D eigenvalue weighted by molar-refractivity contribution is 6.12. The molecule has 0 amide bonds. The number of benzene rings is 10. The second-order valence-corrected chi connectivity index (χ2v) is 27.9. The minimum absolute atomic E-state index is 0.117. The lowest BCUT2D eigenvalue weighted by Gasteiger charge is -2.20. The van der Waals surface area contributed by atoms with Crippen molar-refractivity contribution in [2.45, 2.75) is 105 Å². The van der Waals surface area contributed by atoms with Gasteiger partial charge in [0.25, 0.3) is 0 Å². The van der Waals surface area contributed by atoms with E-state index in [2.05, 4.69) is 229 Å². The Bertz CT molecular complexity index is 4800. The number of hydrogen-bond acceptors (Lipinski definition) is 4. The van der Waals surface area contributed by atoms with Gasteiger partial charge in [-0.3, -0.25) is 0 Å². The molecule has 0 radical (unpaired) electrons. The van der Waals surface area contributed by atoms with Gasteiger partial charge in [0.2, 0.25) is 0 Å². The zero-order valence-corrected chi connectivity index (χ0v) is 53.2. The van der Waals surface area contributed by atoms with Crippen molar-refractivity contribution in [3.05, 3.63) is 257 Å². The van der Waals surface area contributed by atoms with Crippen LogP contribution >= 0.6 is 0 Å². The average Bonchev–Trinajstić information content (AvgIpc) is 1.56. The van der Waals surface area contributed by atoms with Crippen molar-refractivity contribution in [1.29, 1.82) is 5.26 Å². The Morgan fingerprint density at radius 3 is 1.02 bits per heavy atom. The van der Waals surface area contributed by atoms with Gasteiger partial charge in [-0.1, -0.05) is 198 Å². The molecule has 0 bridgehead atoms. The molecule has 90 heavy (non-hydrogen) atoms. The first-order valence-electron chi connectivity index (χ1n) is 30.8. The molecule has 438 valence electrons. The number of hydrogen-bond donors (Lipinski definition) is 0. The van der Waals surface area contributed by atoms with Gasteiger partial charge in [-0.15, -0.1) is 0 Å². The van der Waals surface area contributed by atoms with Crippen LogP contribution in [0.1, 0.15) is 111 Å². The Kier molecular flexibility index (Phi) is 14.2. The van der Waals surface area contributed by atoms with E-state index in [0.717, 1.165) is 105 Å². The van der Waals surface area contributed by atoms with Crippen molar-refractivity contribution in [1.82, 2.24) is 24.1 Å². The first-order valence-corrected chi connectivity index (χ1v) is 30.8. The van der Waals surface area contributed by atoms with E-state index < -0.39 is 0 Å². The molecular weight excluding hydrogens is 1100 g/mol. The van der Waals surface area contributed by atoms with Crippen molar-refractivity contribution < 1.29 is 0 Å². The standard InChI is InChI=1S/C82H70N8/c1-79(2,3)55-31-37-70-66(45-55)67-46-56(80(4,5)6)32-38-71(67)89(70)74-43-52(50-22-19-24-59(41-50)84-13)29-35-64(74)77-86-76(63-28-18-17-27-62(63)61-26-16-15-21-54(61)49-83)87-78(88-77)65-36-30-53(51-23-20-25-60(42-51)85-14)44-75(65)90-72-39-33-57(81(7,8)9)47-68(72)69-48-58(82(10,11)12)34-40-73(69)90/h15-48H,1-12H3. The van der Waals surface area contributed by atoms with Crippen LogP contribution in [-0.2, 0) is 21.7 Å². The highest BCUT2D eigenvalue weighted by Crippen LogP contribution is 2.45. The maximum atomic E-state index is 10.6. The number of fused-ring (bicyclic) bond motifs is 6. The third-order valence-corrected chi connectivity index (χ3v) is 17.7. The molecule has 0 saturated heterocycles. The summed E-state index contributed by atoms with van der Waals surface area (Å²) in [5, 5.41) is 15.2. The monoisotopic (exact) mass is 1170 g/mol. The van der Waals surface area contributed by atoms with E-state index in [1.165, 1.54) is 22.3 Å². The molecular formula is C82H70N8. The second-order valence-electron chi connectivity index (χ2n) is 27.9. The van der Waals surface area contributed by atoms with Gasteiger partial charge in [-0.2, -0.15) is 5.26 Å². The Labute approximate surface area is 528 Å². The fourth-order valence-electron chi connectivity index (χ4n) is 12.6. The first-order chi connectivity index (χ1) is 43.0. The SMILES string of the molecule is [C-]#[N+]c1cccc(-c2ccc(-c3nc(-c4ccccc4-c4ccccc4C#N)nc(-c4ccc(-c5cccc([N+]#[C-])c5)cc4-n4c5ccc(C(C)(C)C)cc5c5cc(C(C)(C)C)ccc54)n3)c(-n3c4ccc(C(C)(C)C)cc4c4cc(C(C)(C)C)ccc43)c2)c1.